The lowest BCUT2D eigenvalue weighted by Gasteiger charge is -2.11. The van der Waals surface area contributed by atoms with Gasteiger partial charge in [-0.2, -0.15) is 5.10 Å². The Bertz CT molecular complexity index is 1570. The molecule has 0 unspecified atom stereocenters. The molecule has 0 aliphatic carbocycles. The van der Waals surface area contributed by atoms with Crippen molar-refractivity contribution in [2.24, 2.45) is 0 Å². The lowest BCUT2D eigenvalue weighted by atomic mass is 10.1. The van der Waals surface area contributed by atoms with Crippen LogP contribution in [0.5, 0.6) is 11.8 Å². The van der Waals surface area contributed by atoms with Gasteiger partial charge >= 0.3 is 12.0 Å². The zero-order valence-corrected chi connectivity index (χ0v) is 21.2. The van der Waals surface area contributed by atoms with E-state index >= 15 is 0 Å². The number of anilines is 3. The lowest BCUT2D eigenvalue weighted by Crippen LogP contribution is -2.19. The van der Waals surface area contributed by atoms with E-state index in [4.69, 9.17) is 27.9 Å². The second-order valence-electron chi connectivity index (χ2n) is 8.09. The normalized spacial score (nSPS) is 10.8. The van der Waals surface area contributed by atoms with Crippen molar-refractivity contribution in [2.45, 2.75) is 0 Å². The van der Waals surface area contributed by atoms with Crippen molar-refractivity contribution in [1.82, 2.24) is 24.6 Å². The third-order valence-electron chi connectivity index (χ3n) is 5.25. The molecule has 0 radical (unpaired) electrons. The molecular weight excluding hydrogens is 515 g/mol. The number of ether oxygens (including phenoxy) is 1. The van der Waals surface area contributed by atoms with Gasteiger partial charge in [-0.1, -0.05) is 35.3 Å². The van der Waals surface area contributed by atoms with E-state index in [1.54, 1.807) is 22.8 Å². The van der Waals surface area contributed by atoms with E-state index in [1.165, 1.54) is 18.5 Å². The number of carbonyl (C=O) groups excluding carboxylic acids is 1. The second-order valence-corrected chi connectivity index (χ2v) is 8.93. The molecule has 0 aliphatic rings. The zero-order valence-electron chi connectivity index (χ0n) is 19.7. The summed E-state index contributed by atoms with van der Waals surface area (Å²) in [5.74, 6) is 1.40. The number of hydrogen-bond donors (Lipinski definition) is 2. The molecule has 0 saturated heterocycles. The number of hydrogen-bond acceptors (Lipinski definition) is 7. The molecule has 0 spiro atoms. The molecule has 3 aromatic heterocycles. The van der Waals surface area contributed by atoms with Crippen molar-refractivity contribution in [1.29, 1.82) is 0 Å². The minimum absolute atomic E-state index is 0.132. The Kier molecular flexibility index (Phi) is 6.76. The van der Waals surface area contributed by atoms with Gasteiger partial charge in [0.15, 0.2) is 5.65 Å². The van der Waals surface area contributed by atoms with Crippen LogP contribution in [0.4, 0.5) is 22.0 Å². The highest BCUT2D eigenvalue weighted by molar-refractivity contribution is 6.36. The van der Waals surface area contributed by atoms with Crippen LogP contribution < -0.4 is 20.3 Å². The first-order valence-electron chi connectivity index (χ1n) is 11.0. The molecule has 2 aromatic carbocycles. The SMILES string of the molecule is CN(C)c1ccn2ncc(-c3ccc(Oc4ncc(NC(=O)Nc5ccc(Cl)cc5Cl)cn4)cc3)c2n1. The maximum absolute atomic E-state index is 12.2. The third-order valence-corrected chi connectivity index (χ3v) is 5.80. The summed E-state index contributed by atoms with van der Waals surface area (Å²) in [5, 5.41) is 10.4. The van der Waals surface area contributed by atoms with E-state index in [2.05, 4.69) is 30.7 Å². The number of halogens is 2. The summed E-state index contributed by atoms with van der Waals surface area (Å²) in [6, 6.07) is 13.8. The molecule has 0 atom stereocenters. The molecule has 0 bridgehead atoms. The highest BCUT2D eigenvalue weighted by Crippen LogP contribution is 2.28. The quantitative estimate of drug-likeness (QED) is 0.275. The first kappa shape index (κ1) is 24.3. The predicted octanol–water partition coefficient (Wildman–Crippen LogP) is 6.00. The first-order chi connectivity index (χ1) is 17.9. The Balaban J connectivity index is 1.23. The van der Waals surface area contributed by atoms with Crippen LogP contribution in [0.3, 0.4) is 0 Å². The van der Waals surface area contributed by atoms with Crippen molar-refractivity contribution in [3.05, 3.63) is 83.4 Å². The summed E-state index contributed by atoms with van der Waals surface area (Å²) < 4.78 is 7.48. The van der Waals surface area contributed by atoms with E-state index < -0.39 is 6.03 Å². The van der Waals surface area contributed by atoms with Crippen molar-refractivity contribution < 1.29 is 9.53 Å². The lowest BCUT2D eigenvalue weighted by molar-refractivity contribution is 0.262. The number of benzene rings is 2. The molecule has 10 nitrogen and oxygen atoms in total. The molecule has 3 heterocycles. The van der Waals surface area contributed by atoms with Crippen LogP contribution in [0.2, 0.25) is 10.0 Å². The van der Waals surface area contributed by atoms with Crippen molar-refractivity contribution in [2.75, 3.05) is 29.6 Å². The van der Waals surface area contributed by atoms with Gasteiger partial charge in [0, 0.05) is 30.9 Å². The summed E-state index contributed by atoms with van der Waals surface area (Å²) >= 11 is 12.0. The fourth-order valence-electron chi connectivity index (χ4n) is 3.43. The van der Waals surface area contributed by atoms with Gasteiger partial charge in [0.1, 0.15) is 11.6 Å². The molecule has 5 aromatic rings. The summed E-state index contributed by atoms with van der Waals surface area (Å²) in [6.07, 6.45) is 6.54. The van der Waals surface area contributed by atoms with Crippen LogP contribution in [0.15, 0.2) is 73.3 Å². The van der Waals surface area contributed by atoms with E-state index in [-0.39, 0.29) is 6.01 Å². The Morgan fingerprint density at radius 2 is 1.73 bits per heavy atom. The highest BCUT2D eigenvalue weighted by Gasteiger charge is 2.11. The number of aromatic nitrogens is 5. The van der Waals surface area contributed by atoms with Crippen molar-refractivity contribution in [3.8, 4) is 22.9 Å². The molecule has 2 N–H and O–H groups in total. The van der Waals surface area contributed by atoms with Gasteiger partial charge in [-0.15, -0.1) is 0 Å². The number of fused-ring (bicyclic) bond motifs is 1. The number of nitrogens with one attached hydrogen (secondary N) is 2. The molecular formula is C25H20Cl2N8O2. The average Bonchev–Trinajstić information content (AvgIpc) is 3.31. The van der Waals surface area contributed by atoms with Crippen LogP contribution in [0.25, 0.3) is 16.8 Å². The van der Waals surface area contributed by atoms with Gasteiger partial charge in [-0.25, -0.2) is 24.3 Å². The van der Waals surface area contributed by atoms with Gasteiger partial charge in [-0.05, 0) is 42.0 Å². The van der Waals surface area contributed by atoms with Gasteiger partial charge in [0.05, 0.1) is 35.0 Å². The monoisotopic (exact) mass is 534 g/mol. The van der Waals surface area contributed by atoms with E-state index in [9.17, 15) is 4.79 Å². The largest absolute Gasteiger partial charge is 0.424 e. The Morgan fingerprint density at radius 3 is 2.43 bits per heavy atom. The van der Waals surface area contributed by atoms with Crippen LogP contribution in [0, 0.1) is 0 Å². The topological polar surface area (TPSA) is 110 Å². The average molecular weight is 535 g/mol. The van der Waals surface area contributed by atoms with E-state index in [0.717, 1.165) is 22.6 Å². The summed E-state index contributed by atoms with van der Waals surface area (Å²) in [6.45, 7) is 0. The molecule has 0 saturated carbocycles. The maximum Gasteiger partial charge on any atom is 0.323 e. The standard InChI is InChI=1S/C25H20Cl2N8O2/c1-34(2)22-9-10-35-23(33-22)19(14-30-35)15-3-6-18(7-4-15)37-25-28-12-17(13-29-25)31-24(36)32-21-8-5-16(26)11-20(21)27/h3-14H,1-2H3,(H2,31,32,36). The van der Waals surface area contributed by atoms with Gasteiger partial charge in [0.2, 0.25) is 0 Å². The minimum Gasteiger partial charge on any atom is -0.424 e. The molecule has 12 heteroatoms. The van der Waals surface area contributed by atoms with Crippen LogP contribution in [0.1, 0.15) is 0 Å². The van der Waals surface area contributed by atoms with Crippen molar-refractivity contribution >= 4 is 52.1 Å². The van der Waals surface area contributed by atoms with Crippen molar-refractivity contribution in [3.63, 3.8) is 0 Å². The van der Waals surface area contributed by atoms with Gasteiger partial charge in [0.25, 0.3) is 0 Å². The molecule has 0 aliphatic heterocycles. The smallest absolute Gasteiger partial charge is 0.323 e. The fourth-order valence-corrected chi connectivity index (χ4v) is 3.88. The Morgan fingerprint density at radius 1 is 0.973 bits per heavy atom. The minimum atomic E-state index is -0.503. The predicted molar refractivity (Wildman–Crippen MR) is 144 cm³/mol. The molecule has 186 valence electrons. The van der Waals surface area contributed by atoms with Crippen LogP contribution in [-0.4, -0.2) is 44.7 Å². The summed E-state index contributed by atoms with van der Waals surface area (Å²) in [7, 11) is 3.88. The van der Waals surface area contributed by atoms with Crippen LogP contribution >= 0.6 is 23.2 Å². The fraction of sp³-hybridized carbons (Fsp3) is 0.0800. The zero-order chi connectivity index (χ0) is 25.9. The van der Waals surface area contributed by atoms with Gasteiger partial charge < -0.3 is 20.3 Å². The molecule has 2 amide bonds. The van der Waals surface area contributed by atoms with Crippen LogP contribution in [-0.2, 0) is 0 Å². The maximum atomic E-state index is 12.2. The molecule has 5 rings (SSSR count). The molecule has 37 heavy (non-hydrogen) atoms. The van der Waals surface area contributed by atoms with E-state index in [1.807, 2.05) is 55.5 Å². The number of rotatable bonds is 6. The van der Waals surface area contributed by atoms with E-state index in [0.29, 0.717) is 27.2 Å². The highest BCUT2D eigenvalue weighted by atomic mass is 35.5. The van der Waals surface area contributed by atoms with Gasteiger partial charge in [-0.3, -0.25) is 0 Å². The Hall–Kier alpha value is -4.41. The summed E-state index contributed by atoms with van der Waals surface area (Å²) in [4.78, 5) is 27.2. The number of carbonyl (C=O) groups is 1. The first-order valence-corrected chi connectivity index (χ1v) is 11.8. The third kappa shape index (κ3) is 5.55. The second kappa shape index (κ2) is 10.3. The number of urea groups is 1. The number of nitrogens with zero attached hydrogens (tertiary/aromatic N) is 6. The summed E-state index contributed by atoms with van der Waals surface area (Å²) in [5.41, 5.74) is 3.40. The number of amides is 2. The Labute approximate surface area is 221 Å². The molecule has 0 fully saturated rings.